The Balaban J connectivity index is 3.74. The molecule has 0 aliphatic rings. The van der Waals surface area contributed by atoms with E-state index in [-0.39, 0.29) is 0 Å². The van der Waals surface area contributed by atoms with Crippen molar-refractivity contribution in [1.29, 1.82) is 0 Å². The summed E-state index contributed by atoms with van der Waals surface area (Å²) in [6.07, 6.45) is 0.735. The predicted molar refractivity (Wildman–Crippen MR) is 47.3 cm³/mol. The van der Waals surface area contributed by atoms with Gasteiger partial charge in [-0.25, -0.2) is 8.42 Å². The number of pyridine rings is 1. The van der Waals surface area contributed by atoms with Crippen LogP contribution in [0.4, 0.5) is 8.78 Å². The molecule has 0 atom stereocenters. The molecule has 1 rings (SSSR count). The van der Waals surface area contributed by atoms with Gasteiger partial charge in [0.2, 0.25) is 11.9 Å². The van der Waals surface area contributed by atoms with Crippen LogP contribution in [0, 0.1) is 11.9 Å². The highest BCUT2D eigenvalue weighted by atomic mass is 35.5. The smallest absolute Gasteiger partial charge is 0.224 e. The summed E-state index contributed by atoms with van der Waals surface area (Å²) in [4.78, 5) is 1.90. The molecule has 0 aliphatic heterocycles. The first-order chi connectivity index (χ1) is 6.25. The molecule has 0 radical (unpaired) electrons. The maximum atomic E-state index is 12.7. The molecule has 8 heteroatoms. The zero-order valence-electron chi connectivity index (χ0n) is 6.68. The number of sulfone groups is 1. The molecule has 0 unspecified atom stereocenters. The van der Waals surface area contributed by atoms with Gasteiger partial charge in [-0.1, -0.05) is 23.2 Å². The number of rotatable bonds is 1. The van der Waals surface area contributed by atoms with Crippen molar-refractivity contribution in [2.75, 3.05) is 6.26 Å². The molecule has 1 aromatic heterocycles. The molecule has 14 heavy (non-hydrogen) atoms. The lowest BCUT2D eigenvalue weighted by molar-refractivity contribution is 0.505. The van der Waals surface area contributed by atoms with Crippen LogP contribution in [-0.2, 0) is 9.84 Å². The standard InChI is InChI=1S/C6H3Cl2F2NO2S/c1-14(12,13)4-2(7)5(9)11-6(10)3(4)8/h1H3. The monoisotopic (exact) mass is 261 g/mol. The van der Waals surface area contributed by atoms with Crippen molar-refractivity contribution < 1.29 is 17.2 Å². The highest BCUT2D eigenvalue weighted by molar-refractivity contribution is 7.91. The van der Waals surface area contributed by atoms with E-state index in [0.717, 1.165) is 6.26 Å². The van der Waals surface area contributed by atoms with E-state index in [9.17, 15) is 17.2 Å². The van der Waals surface area contributed by atoms with Crippen LogP contribution in [0.25, 0.3) is 0 Å². The minimum Gasteiger partial charge on any atom is -0.224 e. The number of nitrogens with zero attached hydrogens (tertiary/aromatic N) is 1. The van der Waals surface area contributed by atoms with Gasteiger partial charge in [0, 0.05) is 6.26 Å². The maximum absolute atomic E-state index is 12.7. The normalized spacial score (nSPS) is 11.8. The van der Waals surface area contributed by atoms with Crippen LogP contribution in [0.15, 0.2) is 4.90 Å². The lowest BCUT2D eigenvalue weighted by Crippen LogP contribution is -2.05. The van der Waals surface area contributed by atoms with Crippen LogP contribution in [0.2, 0.25) is 10.0 Å². The predicted octanol–water partition coefficient (Wildman–Crippen LogP) is 2.07. The van der Waals surface area contributed by atoms with Gasteiger partial charge in [-0.05, 0) is 0 Å². The Morgan fingerprint density at radius 2 is 1.50 bits per heavy atom. The van der Waals surface area contributed by atoms with E-state index in [2.05, 4.69) is 4.98 Å². The van der Waals surface area contributed by atoms with Crippen LogP contribution >= 0.6 is 23.2 Å². The Morgan fingerprint density at radius 3 is 1.79 bits per heavy atom. The molecule has 0 fully saturated rings. The SMILES string of the molecule is CS(=O)(=O)c1c(Cl)c(F)nc(F)c1Cl. The van der Waals surface area contributed by atoms with E-state index >= 15 is 0 Å². The second-order valence-electron chi connectivity index (χ2n) is 2.42. The summed E-state index contributed by atoms with van der Waals surface area (Å²) in [5.74, 6) is -2.82. The second kappa shape index (κ2) is 3.60. The van der Waals surface area contributed by atoms with Gasteiger partial charge in [-0.3, -0.25) is 0 Å². The zero-order chi connectivity index (χ0) is 11.1. The Labute approximate surface area is 88.6 Å². The Bertz CT molecular complexity index is 463. The fourth-order valence-corrected chi connectivity index (χ4v) is 2.78. The van der Waals surface area contributed by atoms with E-state index < -0.39 is 36.7 Å². The van der Waals surface area contributed by atoms with Crippen LogP contribution in [-0.4, -0.2) is 19.7 Å². The van der Waals surface area contributed by atoms with E-state index in [4.69, 9.17) is 23.2 Å². The molecule has 0 saturated carbocycles. The molecule has 0 saturated heterocycles. The van der Waals surface area contributed by atoms with Crippen LogP contribution in [0.1, 0.15) is 0 Å². The highest BCUT2D eigenvalue weighted by Crippen LogP contribution is 2.31. The van der Waals surface area contributed by atoms with E-state index in [1.165, 1.54) is 0 Å². The third kappa shape index (κ3) is 1.97. The summed E-state index contributed by atoms with van der Waals surface area (Å²) in [6, 6.07) is 0. The summed E-state index contributed by atoms with van der Waals surface area (Å²) in [6.45, 7) is 0. The van der Waals surface area contributed by atoms with Gasteiger partial charge < -0.3 is 0 Å². The summed E-state index contributed by atoms with van der Waals surface area (Å²) < 4.78 is 47.6. The molecular weight excluding hydrogens is 259 g/mol. The van der Waals surface area contributed by atoms with Gasteiger partial charge in [0.1, 0.15) is 14.9 Å². The summed E-state index contributed by atoms with van der Waals surface area (Å²) in [7, 11) is -3.89. The van der Waals surface area contributed by atoms with Crippen LogP contribution in [0.3, 0.4) is 0 Å². The molecule has 0 N–H and O–H groups in total. The first-order valence-electron chi connectivity index (χ1n) is 3.15. The maximum Gasteiger partial charge on any atom is 0.235 e. The van der Waals surface area contributed by atoms with Gasteiger partial charge >= 0.3 is 0 Å². The van der Waals surface area contributed by atoms with Crippen molar-refractivity contribution in [1.82, 2.24) is 4.98 Å². The molecule has 0 bridgehead atoms. The average molecular weight is 262 g/mol. The molecule has 1 aromatic rings. The molecular formula is C6H3Cl2F2NO2S. The van der Waals surface area contributed by atoms with Gasteiger partial charge in [0.25, 0.3) is 0 Å². The lowest BCUT2D eigenvalue weighted by atomic mass is 10.5. The van der Waals surface area contributed by atoms with Crippen molar-refractivity contribution >= 4 is 33.0 Å². The number of halogens is 4. The Hall–Kier alpha value is -0.460. The quantitative estimate of drug-likeness (QED) is 0.728. The summed E-state index contributed by atoms with van der Waals surface area (Å²) in [5.41, 5.74) is 0. The molecule has 0 amide bonds. The molecule has 3 nitrogen and oxygen atoms in total. The molecule has 0 spiro atoms. The number of hydrogen-bond donors (Lipinski definition) is 0. The fraction of sp³-hybridized carbons (Fsp3) is 0.167. The number of aromatic nitrogens is 1. The Morgan fingerprint density at radius 1 is 1.14 bits per heavy atom. The van der Waals surface area contributed by atoms with Crippen molar-refractivity contribution in [2.45, 2.75) is 4.90 Å². The van der Waals surface area contributed by atoms with E-state index in [1.807, 2.05) is 0 Å². The van der Waals surface area contributed by atoms with Gasteiger partial charge in [-0.15, -0.1) is 0 Å². The summed E-state index contributed by atoms with van der Waals surface area (Å²) in [5, 5.41) is -1.61. The topological polar surface area (TPSA) is 47.0 Å². The summed E-state index contributed by atoms with van der Waals surface area (Å²) >= 11 is 10.6. The molecule has 78 valence electrons. The van der Waals surface area contributed by atoms with Gasteiger partial charge in [-0.2, -0.15) is 13.8 Å². The molecule has 0 aliphatic carbocycles. The van der Waals surface area contributed by atoms with Gasteiger partial charge in [0.15, 0.2) is 9.84 Å². The van der Waals surface area contributed by atoms with Gasteiger partial charge in [0.05, 0.1) is 0 Å². The zero-order valence-corrected chi connectivity index (χ0v) is 9.01. The van der Waals surface area contributed by atoms with Crippen LogP contribution in [0.5, 0.6) is 0 Å². The molecule has 0 aromatic carbocycles. The first kappa shape index (κ1) is 11.6. The van der Waals surface area contributed by atoms with E-state index in [1.54, 1.807) is 0 Å². The lowest BCUT2D eigenvalue weighted by Gasteiger charge is -2.05. The van der Waals surface area contributed by atoms with Crippen molar-refractivity contribution in [2.24, 2.45) is 0 Å². The van der Waals surface area contributed by atoms with E-state index in [0.29, 0.717) is 0 Å². The van der Waals surface area contributed by atoms with Crippen molar-refractivity contribution in [3.05, 3.63) is 21.9 Å². The average Bonchev–Trinajstić information content (AvgIpc) is 1.98. The third-order valence-corrected chi connectivity index (χ3v) is 3.39. The molecule has 1 heterocycles. The fourth-order valence-electron chi connectivity index (χ4n) is 0.794. The van der Waals surface area contributed by atoms with Crippen molar-refractivity contribution in [3.63, 3.8) is 0 Å². The first-order valence-corrected chi connectivity index (χ1v) is 5.80. The van der Waals surface area contributed by atoms with Crippen LogP contribution < -0.4 is 0 Å². The number of hydrogen-bond acceptors (Lipinski definition) is 3. The highest BCUT2D eigenvalue weighted by Gasteiger charge is 2.24. The Kier molecular flexibility index (Phi) is 2.99. The largest absolute Gasteiger partial charge is 0.235 e. The minimum absolute atomic E-state index is 0.735. The van der Waals surface area contributed by atoms with Crippen molar-refractivity contribution in [3.8, 4) is 0 Å². The minimum atomic E-state index is -3.89. The third-order valence-electron chi connectivity index (χ3n) is 1.33. The second-order valence-corrected chi connectivity index (χ2v) is 5.13.